The molecule has 0 spiro atoms. The minimum absolute atomic E-state index is 0.0928. The Morgan fingerprint density at radius 2 is 1.70 bits per heavy atom. The second-order valence-corrected chi connectivity index (χ2v) is 7.94. The predicted octanol–water partition coefficient (Wildman–Crippen LogP) is 2.76. The lowest BCUT2D eigenvalue weighted by Gasteiger charge is -2.29. The normalized spacial score (nSPS) is 21.4. The first-order valence-electron chi connectivity index (χ1n) is 7.04. The second-order valence-electron chi connectivity index (χ2n) is 5.22. The van der Waals surface area contributed by atoms with E-state index < -0.39 is 0 Å². The number of aliphatic hydroxyl groups is 1. The van der Waals surface area contributed by atoms with Crippen molar-refractivity contribution in [1.29, 1.82) is 0 Å². The first kappa shape index (κ1) is 14.3. The summed E-state index contributed by atoms with van der Waals surface area (Å²) in [5, 5.41) is 9.49. The molecular weight excluding hydrogens is 290 g/mol. The topological polar surface area (TPSA) is 40.5 Å². The number of thioether (sulfide) groups is 2. The first-order valence-corrected chi connectivity index (χ1v) is 9.14. The Morgan fingerprint density at radius 3 is 2.30 bits per heavy atom. The van der Waals surface area contributed by atoms with Gasteiger partial charge in [0.05, 0.1) is 10.7 Å². The first-order chi connectivity index (χ1) is 9.74. The van der Waals surface area contributed by atoms with Gasteiger partial charge in [-0.2, -0.15) is 0 Å². The van der Waals surface area contributed by atoms with Gasteiger partial charge in [0.25, 0.3) is 5.91 Å². The Kier molecular flexibility index (Phi) is 4.58. The number of carbonyl (C=O) groups excluding carboxylic acids is 1. The Bertz CT molecular complexity index is 463. The molecule has 0 radical (unpaired) electrons. The molecule has 1 aromatic rings. The number of likely N-dealkylation sites (tertiary alicyclic amines) is 1. The third kappa shape index (κ3) is 3.15. The van der Waals surface area contributed by atoms with Gasteiger partial charge in [-0.25, -0.2) is 0 Å². The van der Waals surface area contributed by atoms with Crippen molar-refractivity contribution in [2.45, 2.75) is 23.5 Å². The van der Waals surface area contributed by atoms with Crippen LogP contribution in [0.1, 0.15) is 33.3 Å². The van der Waals surface area contributed by atoms with Gasteiger partial charge >= 0.3 is 0 Å². The zero-order chi connectivity index (χ0) is 13.9. The van der Waals surface area contributed by atoms with Crippen molar-refractivity contribution in [3.8, 4) is 0 Å². The van der Waals surface area contributed by atoms with Crippen LogP contribution in [-0.2, 0) is 0 Å². The lowest BCUT2D eigenvalue weighted by Crippen LogP contribution is -2.40. The number of amides is 1. The second kappa shape index (κ2) is 6.41. The molecule has 0 aliphatic carbocycles. The van der Waals surface area contributed by atoms with E-state index in [0.29, 0.717) is 30.5 Å². The van der Waals surface area contributed by atoms with Crippen LogP contribution in [0.4, 0.5) is 0 Å². The smallest absolute Gasteiger partial charge is 0.253 e. The van der Waals surface area contributed by atoms with Crippen LogP contribution in [0.2, 0.25) is 0 Å². The maximum absolute atomic E-state index is 12.4. The van der Waals surface area contributed by atoms with E-state index in [4.69, 9.17) is 0 Å². The summed E-state index contributed by atoms with van der Waals surface area (Å²) in [5.41, 5.74) is 2.07. The zero-order valence-corrected chi connectivity index (χ0v) is 13.0. The van der Waals surface area contributed by atoms with Gasteiger partial charge in [-0.05, 0) is 30.5 Å². The molecule has 2 aliphatic rings. The van der Waals surface area contributed by atoms with E-state index in [2.05, 4.69) is 12.1 Å². The molecule has 2 heterocycles. The van der Waals surface area contributed by atoms with Crippen LogP contribution in [0, 0.1) is 0 Å². The van der Waals surface area contributed by atoms with Crippen molar-refractivity contribution in [3.05, 3.63) is 35.4 Å². The van der Waals surface area contributed by atoms with Crippen LogP contribution >= 0.6 is 23.5 Å². The van der Waals surface area contributed by atoms with Gasteiger partial charge in [-0.3, -0.25) is 4.79 Å². The third-order valence-corrected chi connectivity index (χ3v) is 6.91. The van der Waals surface area contributed by atoms with E-state index in [-0.39, 0.29) is 12.0 Å². The average Bonchev–Trinajstić information content (AvgIpc) is 3.02. The predicted molar refractivity (Wildman–Crippen MR) is 85.2 cm³/mol. The lowest BCUT2D eigenvalue weighted by atomic mass is 10.1. The SMILES string of the molecule is O=C(c1ccc(C2SCCS2)cc1)N1CCC(O)CC1. The summed E-state index contributed by atoms with van der Waals surface area (Å²) in [7, 11) is 0. The van der Waals surface area contributed by atoms with E-state index in [1.54, 1.807) is 0 Å². The number of hydrogen-bond acceptors (Lipinski definition) is 4. The molecule has 0 bridgehead atoms. The van der Waals surface area contributed by atoms with Crippen molar-refractivity contribution in [2.75, 3.05) is 24.6 Å². The highest BCUT2D eigenvalue weighted by Gasteiger charge is 2.23. The summed E-state index contributed by atoms with van der Waals surface area (Å²) in [6.45, 7) is 1.33. The Balaban J connectivity index is 1.66. The molecular formula is C15H19NO2S2. The fraction of sp³-hybridized carbons (Fsp3) is 0.533. The quantitative estimate of drug-likeness (QED) is 0.912. The van der Waals surface area contributed by atoms with Crippen molar-refractivity contribution in [2.24, 2.45) is 0 Å². The minimum atomic E-state index is -0.238. The van der Waals surface area contributed by atoms with Gasteiger partial charge in [0.1, 0.15) is 0 Å². The van der Waals surface area contributed by atoms with Crippen LogP contribution in [0.5, 0.6) is 0 Å². The molecule has 1 aromatic carbocycles. The summed E-state index contributed by atoms with van der Waals surface area (Å²) in [6, 6.07) is 8.06. The van der Waals surface area contributed by atoms with E-state index in [1.165, 1.54) is 17.1 Å². The third-order valence-electron chi connectivity index (χ3n) is 3.80. The van der Waals surface area contributed by atoms with E-state index >= 15 is 0 Å². The summed E-state index contributed by atoms with van der Waals surface area (Å²) >= 11 is 3.96. The molecule has 1 amide bonds. The Morgan fingerprint density at radius 1 is 1.10 bits per heavy atom. The zero-order valence-electron chi connectivity index (χ0n) is 11.3. The highest BCUT2D eigenvalue weighted by molar-refractivity contribution is 8.19. The number of benzene rings is 1. The molecule has 1 N–H and O–H groups in total. The number of aliphatic hydroxyl groups excluding tert-OH is 1. The van der Waals surface area contributed by atoms with Crippen LogP contribution in [0.25, 0.3) is 0 Å². The van der Waals surface area contributed by atoms with Gasteiger partial charge in [-0.15, -0.1) is 23.5 Å². The molecule has 0 aromatic heterocycles. The molecule has 0 unspecified atom stereocenters. The van der Waals surface area contributed by atoms with Gasteiger partial charge in [-0.1, -0.05) is 12.1 Å². The van der Waals surface area contributed by atoms with Gasteiger partial charge in [0.2, 0.25) is 0 Å². The summed E-state index contributed by atoms with van der Waals surface area (Å²) in [4.78, 5) is 14.2. The number of piperidine rings is 1. The fourth-order valence-corrected chi connectivity index (χ4v) is 5.44. The molecule has 5 heteroatoms. The molecule has 2 saturated heterocycles. The van der Waals surface area contributed by atoms with Gasteiger partial charge in [0, 0.05) is 30.2 Å². The molecule has 0 atom stereocenters. The summed E-state index contributed by atoms with van der Waals surface area (Å²) < 4.78 is 0.532. The Hall–Kier alpha value is -0.650. The van der Waals surface area contributed by atoms with Crippen LogP contribution < -0.4 is 0 Å². The fourth-order valence-electron chi connectivity index (χ4n) is 2.59. The van der Waals surface area contributed by atoms with Crippen LogP contribution in [0.3, 0.4) is 0 Å². The summed E-state index contributed by atoms with van der Waals surface area (Å²) in [5.74, 6) is 2.52. The molecule has 108 valence electrons. The van der Waals surface area contributed by atoms with Gasteiger partial charge < -0.3 is 10.0 Å². The highest BCUT2D eigenvalue weighted by atomic mass is 32.2. The molecule has 2 aliphatic heterocycles. The largest absolute Gasteiger partial charge is 0.393 e. The monoisotopic (exact) mass is 309 g/mol. The minimum Gasteiger partial charge on any atom is -0.393 e. The molecule has 3 rings (SSSR count). The molecule has 3 nitrogen and oxygen atoms in total. The average molecular weight is 309 g/mol. The van der Waals surface area contributed by atoms with Crippen molar-refractivity contribution >= 4 is 29.4 Å². The van der Waals surface area contributed by atoms with Crippen LogP contribution in [0.15, 0.2) is 24.3 Å². The van der Waals surface area contributed by atoms with E-state index in [9.17, 15) is 9.90 Å². The maximum atomic E-state index is 12.4. The number of hydrogen-bond donors (Lipinski definition) is 1. The standard InChI is InChI=1S/C15H19NO2S2/c17-13-5-7-16(8-6-13)14(18)11-1-3-12(4-2-11)15-19-9-10-20-15/h1-4,13,15,17H,5-10H2. The van der Waals surface area contributed by atoms with Crippen LogP contribution in [-0.4, -0.2) is 46.6 Å². The molecule has 0 saturated carbocycles. The van der Waals surface area contributed by atoms with E-state index in [0.717, 1.165) is 5.56 Å². The maximum Gasteiger partial charge on any atom is 0.253 e. The number of carbonyl (C=O) groups is 1. The number of rotatable bonds is 2. The Labute approximate surface area is 128 Å². The van der Waals surface area contributed by atoms with E-state index in [1.807, 2.05) is 40.6 Å². The molecule has 2 fully saturated rings. The summed E-state index contributed by atoms with van der Waals surface area (Å²) in [6.07, 6.45) is 1.15. The van der Waals surface area contributed by atoms with Crippen molar-refractivity contribution in [1.82, 2.24) is 4.90 Å². The lowest BCUT2D eigenvalue weighted by molar-refractivity contribution is 0.0546. The van der Waals surface area contributed by atoms with Gasteiger partial charge in [0.15, 0.2) is 0 Å². The molecule has 20 heavy (non-hydrogen) atoms. The van der Waals surface area contributed by atoms with Crippen molar-refractivity contribution in [3.63, 3.8) is 0 Å². The number of nitrogens with zero attached hydrogens (tertiary/aromatic N) is 1. The van der Waals surface area contributed by atoms with Crippen molar-refractivity contribution < 1.29 is 9.90 Å². The highest BCUT2D eigenvalue weighted by Crippen LogP contribution is 2.45.